The first kappa shape index (κ1) is 15.2. The lowest BCUT2D eigenvalue weighted by molar-refractivity contribution is -0.138. The summed E-state index contributed by atoms with van der Waals surface area (Å²) in [4.78, 5) is 22.9. The van der Waals surface area contributed by atoms with Gasteiger partial charge >= 0.3 is 5.97 Å². The molecule has 0 saturated heterocycles. The smallest absolute Gasteiger partial charge is 0.305 e. The van der Waals surface area contributed by atoms with Crippen LogP contribution in [-0.4, -0.2) is 22.5 Å². The van der Waals surface area contributed by atoms with Crippen LogP contribution in [0.5, 0.6) is 0 Å². The van der Waals surface area contributed by atoms with Crippen LogP contribution in [0.1, 0.15) is 38.3 Å². The number of nitrogens with two attached hydrogens (primary N) is 1. The highest BCUT2D eigenvalue weighted by Gasteiger charge is 2.29. The number of nitrogens with one attached hydrogen (secondary N) is 1. The van der Waals surface area contributed by atoms with E-state index >= 15 is 0 Å². The number of benzene rings is 1. The van der Waals surface area contributed by atoms with E-state index in [1.165, 1.54) is 0 Å². The first-order valence-electron chi connectivity index (χ1n) is 6.23. The fourth-order valence-corrected chi connectivity index (χ4v) is 1.60. The third-order valence-electron chi connectivity index (χ3n) is 3.14. The monoisotopic (exact) mass is 264 g/mol. The van der Waals surface area contributed by atoms with Gasteiger partial charge in [0.1, 0.15) is 0 Å². The number of amides is 1. The molecule has 0 fully saturated rings. The molecule has 0 aliphatic carbocycles. The molecule has 4 N–H and O–H groups in total. The van der Waals surface area contributed by atoms with Crippen molar-refractivity contribution in [1.29, 1.82) is 0 Å². The minimum atomic E-state index is -0.995. The van der Waals surface area contributed by atoms with Crippen LogP contribution < -0.4 is 11.1 Å². The molecule has 0 saturated carbocycles. The number of aliphatic carboxylic acids is 1. The van der Waals surface area contributed by atoms with E-state index in [2.05, 4.69) is 5.32 Å². The van der Waals surface area contributed by atoms with Crippen molar-refractivity contribution in [3.63, 3.8) is 0 Å². The third-order valence-corrected chi connectivity index (χ3v) is 3.14. The summed E-state index contributed by atoms with van der Waals surface area (Å²) in [5, 5.41) is 11.6. The molecular formula is C14H20N2O3. The number of carboxylic acid groups (broad SMARTS) is 1. The Hall–Kier alpha value is -1.88. The van der Waals surface area contributed by atoms with Crippen molar-refractivity contribution in [2.75, 3.05) is 0 Å². The fraction of sp³-hybridized carbons (Fsp3) is 0.429. The molecular weight excluding hydrogens is 244 g/mol. The molecule has 2 atom stereocenters. The maximum absolute atomic E-state index is 12.0. The molecule has 0 aliphatic rings. The highest BCUT2D eigenvalue weighted by Crippen LogP contribution is 2.18. The summed E-state index contributed by atoms with van der Waals surface area (Å²) in [6, 6.07) is 8.44. The van der Waals surface area contributed by atoms with E-state index < -0.39 is 17.6 Å². The normalized spacial score (nSPS) is 15.3. The predicted molar refractivity (Wildman–Crippen MR) is 72.5 cm³/mol. The summed E-state index contributed by atoms with van der Waals surface area (Å²) in [6.07, 6.45) is 0.308. The van der Waals surface area contributed by atoms with Crippen molar-refractivity contribution < 1.29 is 14.7 Å². The molecule has 0 bridgehead atoms. The van der Waals surface area contributed by atoms with Gasteiger partial charge in [-0.3, -0.25) is 9.59 Å². The van der Waals surface area contributed by atoms with Gasteiger partial charge in [-0.15, -0.1) is 0 Å². The first-order valence-corrected chi connectivity index (χ1v) is 6.23. The lowest BCUT2D eigenvalue weighted by Gasteiger charge is -2.26. The predicted octanol–water partition coefficient (Wildman–Crippen LogP) is 1.45. The van der Waals surface area contributed by atoms with Gasteiger partial charge in [0, 0.05) is 0 Å². The summed E-state index contributed by atoms with van der Waals surface area (Å²) >= 11 is 0. The van der Waals surface area contributed by atoms with Gasteiger partial charge in [0.05, 0.1) is 18.0 Å². The van der Waals surface area contributed by atoms with E-state index in [4.69, 9.17) is 10.8 Å². The number of rotatable bonds is 6. The molecule has 0 heterocycles. The van der Waals surface area contributed by atoms with Gasteiger partial charge in [0.2, 0.25) is 5.91 Å². The van der Waals surface area contributed by atoms with Gasteiger partial charge < -0.3 is 16.2 Å². The van der Waals surface area contributed by atoms with Gasteiger partial charge in [0.15, 0.2) is 0 Å². The molecule has 1 aromatic carbocycles. The minimum absolute atomic E-state index is 0.171. The zero-order chi connectivity index (χ0) is 14.5. The zero-order valence-electron chi connectivity index (χ0n) is 11.2. The van der Waals surface area contributed by atoms with Crippen LogP contribution in [0.3, 0.4) is 0 Å². The van der Waals surface area contributed by atoms with E-state index in [-0.39, 0.29) is 12.3 Å². The van der Waals surface area contributed by atoms with Crippen LogP contribution in [0.2, 0.25) is 0 Å². The van der Waals surface area contributed by atoms with E-state index in [9.17, 15) is 9.59 Å². The second kappa shape index (κ2) is 6.33. The van der Waals surface area contributed by atoms with Gasteiger partial charge in [-0.1, -0.05) is 37.3 Å². The summed E-state index contributed by atoms with van der Waals surface area (Å²) in [5.41, 5.74) is 5.62. The van der Waals surface area contributed by atoms with Gasteiger partial charge in [-0.2, -0.15) is 0 Å². The number of carboxylic acids is 1. The van der Waals surface area contributed by atoms with Crippen LogP contribution in [-0.2, 0) is 9.59 Å². The topological polar surface area (TPSA) is 92.4 Å². The summed E-state index contributed by atoms with van der Waals surface area (Å²) < 4.78 is 0. The van der Waals surface area contributed by atoms with Crippen LogP contribution in [0, 0.1) is 0 Å². The van der Waals surface area contributed by atoms with Crippen LogP contribution >= 0.6 is 0 Å². The fourth-order valence-electron chi connectivity index (χ4n) is 1.60. The highest BCUT2D eigenvalue weighted by atomic mass is 16.4. The van der Waals surface area contributed by atoms with Gasteiger partial charge in [0.25, 0.3) is 0 Å². The third kappa shape index (κ3) is 4.37. The number of hydrogen-bond donors (Lipinski definition) is 3. The Morgan fingerprint density at radius 1 is 1.37 bits per heavy atom. The van der Waals surface area contributed by atoms with Crippen molar-refractivity contribution in [2.45, 2.75) is 38.3 Å². The maximum Gasteiger partial charge on any atom is 0.305 e. The number of hydrogen-bond acceptors (Lipinski definition) is 3. The van der Waals surface area contributed by atoms with Gasteiger partial charge in [-0.05, 0) is 18.9 Å². The molecule has 5 heteroatoms. The Bertz CT molecular complexity index is 443. The molecule has 2 unspecified atom stereocenters. The summed E-state index contributed by atoms with van der Waals surface area (Å²) in [5.74, 6) is -1.31. The molecule has 1 amide bonds. The summed E-state index contributed by atoms with van der Waals surface area (Å²) in [6.45, 7) is 3.44. The van der Waals surface area contributed by atoms with Crippen molar-refractivity contribution in [3.05, 3.63) is 35.9 Å². The maximum atomic E-state index is 12.0. The Morgan fingerprint density at radius 3 is 2.42 bits per heavy atom. The molecule has 5 nitrogen and oxygen atoms in total. The second-order valence-corrected chi connectivity index (χ2v) is 4.81. The van der Waals surface area contributed by atoms with Crippen LogP contribution in [0.25, 0.3) is 0 Å². The molecule has 0 aromatic heterocycles. The Labute approximate surface area is 112 Å². The quantitative estimate of drug-likeness (QED) is 0.725. The van der Waals surface area contributed by atoms with Crippen molar-refractivity contribution in [2.24, 2.45) is 5.73 Å². The van der Waals surface area contributed by atoms with E-state index in [0.29, 0.717) is 6.42 Å². The molecule has 0 radical (unpaired) electrons. The number of carbonyl (C=O) groups excluding carboxylic acids is 1. The summed E-state index contributed by atoms with van der Waals surface area (Å²) in [7, 11) is 0. The molecule has 0 spiro atoms. The van der Waals surface area contributed by atoms with Crippen molar-refractivity contribution >= 4 is 11.9 Å². The lowest BCUT2D eigenvalue weighted by atomic mass is 9.97. The molecule has 1 aromatic rings. The average molecular weight is 264 g/mol. The van der Waals surface area contributed by atoms with E-state index in [0.717, 1.165) is 5.56 Å². The van der Waals surface area contributed by atoms with Crippen molar-refractivity contribution in [1.82, 2.24) is 5.32 Å². The molecule has 104 valence electrons. The Morgan fingerprint density at radius 2 is 1.95 bits per heavy atom. The molecule has 0 aliphatic heterocycles. The average Bonchev–Trinajstić information content (AvgIpc) is 2.38. The number of carbonyl (C=O) groups is 2. The largest absolute Gasteiger partial charge is 0.481 e. The van der Waals surface area contributed by atoms with Crippen LogP contribution in [0.15, 0.2) is 30.3 Å². The van der Waals surface area contributed by atoms with E-state index in [1.807, 2.05) is 13.0 Å². The SMILES string of the molecule is CCC(C)(N)C(=O)NC(CC(=O)O)c1ccccc1. The highest BCUT2D eigenvalue weighted by molar-refractivity contribution is 5.86. The Balaban J connectivity index is 2.88. The van der Waals surface area contributed by atoms with Crippen molar-refractivity contribution in [3.8, 4) is 0 Å². The lowest BCUT2D eigenvalue weighted by Crippen LogP contribution is -2.52. The molecule has 19 heavy (non-hydrogen) atoms. The zero-order valence-corrected chi connectivity index (χ0v) is 11.2. The van der Waals surface area contributed by atoms with E-state index in [1.54, 1.807) is 31.2 Å². The van der Waals surface area contributed by atoms with Crippen LogP contribution in [0.4, 0.5) is 0 Å². The first-order chi connectivity index (χ1) is 8.86. The molecule has 1 rings (SSSR count). The Kier molecular flexibility index (Phi) is 5.06. The standard InChI is InChI=1S/C14H20N2O3/c1-3-14(2,15)13(19)16-11(9-12(17)18)10-7-5-4-6-8-10/h4-8,11H,3,9,15H2,1-2H3,(H,16,19)(H,17,18). The van der Waals surface area contributed by atoms with Gasteiger partial charge in [-0.25, -0.2) is 0 Å². The second-order valence-electron chi connectivity index (χ2n) is 4.81. The minimum Gasteiger partial charge on any atom is -0.481 e.